The van der Waals surface area contributed by atoms with Gasteiger partial charge in [0.15, 0.2) is 5.84 Å². The summed E-state index contributed by atoms with van der Waals surface area (Å²) in [6.07, 6.45) is 0. The van der Waals surface area contributed by atoms with E-state index in [1.807, 2.05) is 0 Å². The smallest absolute Gasteiger partial charge is 0.213 e. The fourth-order valence-electron chi connectivity index (χ4n) is 1.36. The number of nitrogens with zero attached hydrogens (tertiary/aromatic N) is 2. The second kappa shape index (κ2) is 10.8. The second-order valence-electron chi connectivity index (χ2n) is 3.91. The van der Waals surface area contributed by atoms with Crippen molar-refractivity contribution in [2.75, 3.05) is 46.8 Å². The molecule has 0 saturated heterocycles. The lowest BCUT2D eigenvalue weighted by Gasteiger charge is -2.08. The van der Waals surface area contributed by atoms with Crippen LogP contribution in [0.15, 0.2) is 23.4 Å². The van der Waals surface area contributed by atoms with Crippen molar-refractivity contribution in [3.63, 3.8) is 0 Å². The third-order valence-electron chi connectivity index (χ3n) is 2.38. The molecule has 0 unspecified atom stereocenters. The van der Waals surface area contributed by atoms with Crippen LogP contribution < -0.4 is 10.5 Å². The average molecular weight is 299 g/mol. The molecule has 0 amide bonds. The highest BCUT2D eigenvalue weighted by Crippen LogP contribution is 2.07. The van der Waals surface area contributed by atoms with Crippen LogP contribution in [0.1, 0.15) is 5.69 Å². The number of amidine groups is 1. The van der Waals surface area contributed by atoms with Gasteiger partial charge in [-0.2, -0.15) is 0 Å². The van der Waals surface area contributed by atoms with E-state index in [1.165, 1.54) is 0 Å². The molecule has 0 spiro atoms. The van der Waals surface area contributed by atoms with Gasteiger partial charge in [-0.25, -0.2) is 4.98 Å². The van der Waals surface area contributed by atoms with Crippen molar-refractivity contribution in [1.29, 1.82) is 0 Å². The Morgan fingerprint density at radius 1 is 1.14 bits per heavy atom. The normalized spacial score (nSPS) is 11.6. The summed E-state index contributed by atoms with van der Waals surface area (Å²) in [5, 5.41) is 11.5. The fraction of sp³-hybridized carbons (Fsp3) is 0.538. The lowest BCUT2D eigenvalue weighted by molar-refractivity contribution is 0.0176. The summed E-state index contributed by atoms with van der Waals surface area (Å²) in [6.45, 7) is 2.91. The predicted octanol–water partition coefficient (Wildman–Crippen LogP) is 0.235. The first-order valence-corrected chi connectivity index (χ1v) is 6.50. The van der Waals surface area contributed by atoms with Gasteiger partial charge in [-0.15, -0.1) is 0 Å². The van der Waals surface area contributed by atoms with Gasteiger partial charge in [0.2, 0.25) is 5.88 Å². The molecule has 1 aromatic heterocycles. The quantitative estimate of drug-likeness (QED) is 0.198. The van der Waals surface area contributed by atoms with E-state index in [0.717, 1.165) is 0 Å². The molecule has 1 rings (SSSR count). The van der Waals surface area contributed by atoms with Gasteiger partial charge in [0, 0.05) is 13.2 Å². The Kier molecular flexibility index (Phi) is 8.85. The van der Waals surface area contributed by atoms with Gasteiger partial charge in [-0.1, -0.05) is 11.2 Å². The summed E-state index contributed by atoms with van der Waals surface area (Å²) in [7, 11) is 1.63. The lowest BCUT2D eigenvalue weighted by Crippen LogP contribution is -2.16. The van der Waals surface area contributed by atoms with Crippen molar-refractivity contribution >= 4 is 5.84 Å². The van der Waals surface area contributed by atoms with Crippen molar-refractivity contribution in [3.05, 3.63) is 23.9 Å². The Labute approximate surface area is 123 Å². The number of ether oxygens (including phenoxy) is 4. The molecule has 21 heavy (non-hydrogen) atoms. The molecule has 1 heterocycles. The largest absolute Gasteiger partial charge is 0.475 e. The van der Waals surface area contributed by atoms with Gasteiger partial charge in [0.05, 0.1) is 33.0 Å². The average Bonchev–Trinajstić information content (AvgIpc) is 2.53. The predicted molar refractivity (Wildman–Crippen MR) is 75.8 cm³/mol. The first-order chi connectivity index (χ1) is 10.3. The maximum Gasteiger partial charge on any atom is 0.213 e. The molecule has 0 fully saturated rings. The zero-order valence-corrected chi connectivity index (χ0v) is 12.0. The summed E-state index contributed by atoms with van der Waals surface area (Å²) in [5.41, 5.74) is 5.79. The number of nitrogens with two attached hydrogens (primary N) is 1. The molecule has 118 valence electrons. The van der Waals surface area contributed by atoms with Gasteiger partial charge in [-0.05, 0) is 6.07 Å². The van der Waals surface area contributed by atoms with E-state index in [2.05, 4.69) is 10.1 Å². The van der Waals surface area contributed by atoms with E-state index in [9.17, 15) is 0 Å². The maximum absolute atomic E-state index is 8.57. The SMILES string of the molecule is COCCOCCOCCOc1cccc(/C(N)=N/O)n1. The molecule has 0 saturated carbocycles. The minimum atomic E-state index is -0.0649. The molecular weight excluding hydrogens is 278 g/mol. The number of methoxy groups -OCH3 is 1. The first-order valence-electron chi connectivity index (χ1n) is 6.50. The van der Waals surface area contributed by atoms with Gasteiger partial charge in [-0.3, -0.25) is 0 Å². The molecule has 8 nitrogen and oxygen atoms in total. The van der Waals surface area contributed by atoms with Crippen LogP contribution in [0.3, 0.4) is 0 Å². The Hall–Kier alpha value is -1.90. The summed E-state index contributed by atoms with van der Waals surface area (Å²) >= 11 is 0. The van der Waals surface area contributed by atoms with E-state index in [1.54, 1.807) is 25.3 Å². The highest BCUT2D eigenvalue weighted by molar-refractivity contribution is 5.95. The monoisotopic (exact) mass is 299 g/mol. The lowest BCUT2D eigenvalue weighted by atomic mass is 10.3. The molecule has 1 aromatic rings. The molecule has 0 bridgehead atoms. The van der Waals surface area contributed by atoms with Crippen molar-refractivity contribution in [2.45, 2.75) is 0 Å². The third kappa shape index (κ3) is 7.45. The molecule has 0 aliphatic heterocycles. The molecular formula is C13H21N3O5. The van der Waals surface area contributed by atoms with Crippen LogP contribution in [0, 0.1) is 0 Å². The van der Waals surface area contributed by atoms with Gasteiger partial charge < -0.3 is 29.9 Å². The maximum atomic E-state index is 8.57. The molecule has 8 heteroatoms. The topological polar surface area (TPSA) is 108 Å². The van der Waals surface area contributed by atoms with Crippen LogP contribution in [0.25, 0.3) is 0 Å². The Morgan fingerprint density at radius 3 is 2.48 bits per heavy atom. The number of rotatable bonds is 11. The van der Waals surface area contributed by atoms with E-state index < -0.39 is 0 Å². The number of pyridine rings is 1. The Bertz CT molecular complexity index is 428. The van der Waals surface area contributed by atoms with Crippen LogP contribution in [0.4, 0.5) is 0 Å². The van der Waals surface area contributed by atoms with Crippen molar-refractivity contribution in [3.8, 4) is 5.88 Å². The molecule has 0 radical (unpaired) electrons. The number of oxime groups is 1. The minimum Gasteiger partial charge on any atom is -0.475 e. The van der Waals surface area contributed by atoms with Crippen LogP contribution in [0.5, 0.6) is 5.88 Å². The zero-order valence-electron chi connectivity index (χ0n) is 12.0. The summed E-state index contributed by atoms with van der Waals surface area (Å²) < 4.78 is 20.8. The van der Waals surface area contributed by atoms with Crippen molar-refractivity contribution in [1.82, 2.24) is 4.98 Å². The number of hydrogen-bond acceptors (Lipinski definition) is 7. The molecule has 0 aliphatic carbocycles. The zero-order chi connectivity index (χ0) is 15.3. The fourth-order valence-corrected chi connectivity index (χ4v) is 1.36. The van der Waals surface area contributed by atoms with E-state index in [-0.39, 0.29) is 5.84 Å². The van der Waals surface area contributed by atoms with E-state index in [4.69, 9.17) is 29.9 Å². The van der Waals surface area contributed by atoms with Gasteiger partial charge in [0.25, 0.3) is 0 Å². The van der Waals surface area contributed by atoms with Gasteiger partial charge >= 0.3 is 0 Å². The minimum absolute atomic E-state index is 0.0649. The molecule has 0 atom stereocenters. The van der Waals surface area contributed by atoms with Crippen LogP contribution >= 0.6 is 0 Å². The summed E-state index contributed by atoms with van der Waals surface area (Å²) in [6, 6.07) is 5.01. The number of hydrogen-bond donors (Lipinski definition) is 2. The first kappa shape index (κ1) is 17.2. The van der Waals surface area contributed by atoms with Crippen LogP contribution in [-0.2, 0) is 14.2 Å². The van der Waals surface area contributed by atoms with Gasteiger partial charge in [0.1, 0.15) is 12.3 Å². The van der Waals surface area contributed by atoms with Crippen LogP contribution in [-0.4, -0.2) is 62.8 Å². The second-order valence-corrected chi connectivity index (χ2v) is 3.91. The molecule has 3 N–H and O–H groups in total. The third-order valence-corrected chi connectivity index (χ3v) is 2.38. The standard InChI is InChI=1S/C13H21N3O5/c1-18-5-6-19-7-8-20-9-10-21-12-4-2-3-11(15-12)13(14)16-17/h2-4,17H,5-10H2,1H3,(H2,14,16). The summed E-state index contributed by atoms with van der Waals surface area (Å²) in [5.74, 6) is 0.323. The molecule has 0 aromatic carbocycles. The van der Waals surface area contributed by atoms with Crippen molar-refractivity contribution < 1.29 is 24.2 Å². The summed E-state index contributed by atoms with van der Waals surface area (Å²) in [4.78, 5) is 4.08. The van der Waals surface area contributed by atoms with E-state index in [0.29, 0.717) is 51.2 Å². The Balaban J connectivity index is 2.13. The highest BCUT2D eigenvalue weighted by Gasteiger charge is 2.03. The highest BCUT2D eigenvalue weighted by atomic mass is 16.6. The van der Waals surface area contributed by atoms with Crippen LogP contribution in [0.2, 0.25) is 0 Å². The van der Waals surface area contributed by atoms with Crippen molar-refractivity contribution in [2.24, 2.45) is 10.9 Å². The Morgan fingerprint density at radius 2 is 1.81 bits per heavy atom. The number of aromatic nitrogens is 1. The van der Waals surface area contributed by atoms with E-state index >= 15 is 0 Å². The molecule has 0 aliphatic rings.